The zero-order valence-corrected chi connectivity index (χ0v) is 12.0. The molecule has 0 spiro atoms. The Hall–Kier alpha value is -0.580. The predicted octanol–water partition coefficient (Wildman–Crippen LogP) is 3.18. The Bertz CT molecular complexity index is 437. The number of carbonyl (C=O) groups is 1. The first kappa shape index (κ1) is 14.5. The molecule has 2 atom stereocenters. The Balaban J connectivity index is 3.27. The van der Waals surface area contributed by atoms with Gasteiger partial charge in [0.2, 0.25) is 0 Å². The monoisotopic (exact) mass is 319 g/mol. The van der Waals surface area contributed by atoms with Gasteiger partial charge in [0.1, 0.15) is 0 Å². The van der Waals surface area contributed by atoms with E-state index in [1.54, 1.807) is 13.0 Å². The summed E-state index contributed by atoms with van der Waals surface area (Å²) in [7, 11) is 0. The molecule has 0 amide bonds. The Morgan fingerprint density at radius 3 is 2.65 bits per heavy atom. The molecule has 0 radical (unpaired) electrons. The number of carboxylic acid groups (broad SMARTS) is 1. The van der Waals surface area contributed by atoms with Gasteiger partial charge in [-0.2, -0.15) is 0 Å². The third-order valence-corrected chi connectivity index (χ3v) is 3.88. The normalized spacial score (nSPS) is 16.3. The average Bonchev–Trinajstić information content (AvgIpc) is 2.15. The molecule has 0 fully saturated rings. The maximum Gasteiger partial charge on any atom is 0.304 e. The molecule has 0 aliphatic heterocycles. The first-order chi connectivity index (χ1) is 7.77. The first-order valence-corrected chi connectivity index (χ1v) is 6.37. The van der Waals surface area contributed by atoms with Crippen LogP contribution in [0.15, 0.2) is 22.7 Å². The number of benzene rings is 1. The van der Waals surface area contributed by atoms with Crippen LogP contribution < -0.4 is 5.73 Å². The summed E-state index contributed by atoms with van der Waals surface area (Å²) in [4.78, 5) is 11.0. The molecule has 3 nitrogen and oxygen atoms in total. The second-order valence-electron chi connectivity index (χ2n) is 4.40. The Labute approximate surface area is 114 Å². The van der Waals surface area contributed by atoms with Gasteiger partial charge in [0, 0.05) is 21.0 Å². The van der Waals surface area contributed by atoms with Crippen LogP contribution in [0.25, 0.3) is 0 Å². The van der Waals surface area contributed by atoms with Crippen LogP contribution in [0.5, 0.6) is 0 Å². The number of hydrogen-bond acceptors (Lipinski definition) is 2. The lowest BCUT2D eigenvalue weighted by Crippen LogP contribution is -2.42. The molecule has 1 rings (SSSR count). The van der Waals surface area contributed by atoms with Gasteiger partial charge in [0.25, 0.3) is 0 Å². The smallest absolute Gasteiger partial charge is 0.304 e. The molecule has 0 aliphatic rings. The Morgan fingerprint density at radius 2 is 2.24 bits per heavy atom. The fourth-order valence-corrected chi connectivity index (χ4v) is 2.66. The van der Waals surface area contributed by atoms with Gasteiger partial charge in [0.05, 0.1) is 6.42 Å². The number of nitrogens with two attached hydrogens (primary N) is 1. The Kier molecular flexibility index (Phi) is 4.58. The maximum absolute atomic E-state index is 11.0. The molecule has 0 saturated heterocycles. The zero-order chi connectivity index (χ0) is 13.2. The van der Waals surface area contributed by atoms with E-state index in [1.807, 2.05) is 19.1 Å². The number of rotatable bonds is 4. The van der Waals surface area contributed by atoms with Crippen LogP contribution in [-0.2, 0) is 10.2 Å². The van der Waals surface area contributed by atoms with E-state index < -0.39 is 11.4 Å². The summed E-state index contributed by atoms with van der Waals surface area (Å²) in [5.41, 5.74) is 6.01. The first-order valence-electron chi connectivity index (χ1n) is 5.20. The molecule has 0 saturated carbocycles. The van der Waals surface area contributed by atoms with Gasteiger partial charge in [0.15, 0.2) is 0 Å². The van der Waals surface area contributed by atoms with E-state index in [9.17, 15) is 4.79 Å². The molecule has 0 heterocycles. The van der Waals surface area contributed by atoms with Crippen molar-refractivity contribution in [2.45, 2.75) is 31.7 Å². The van der Waals surface area contributed by atoms with Crippen LogP contribution in [0.1, 0.15) is 25.8 Å². The highest BCUT2D eigenvalue weighted by atomic mass is 79.9. The van der Waals surface area contributed by atoms with E-state index in [0.29, 0.717) is 5.02 Å². The largest absolute Gasteiger partial charge is 0.481 e. The van der Waals surface area contributed by atoms with Gasteiger partial charge < -0.3 is 10.8 Å². The van der Waals surface area contributed by atoms with E-state index in [1.165, 1.54) is 0 Å². The number of aliphatic carboxylic acids is 1. The minimum Gasteiger partial charge on any atom is -0.481 e. The van der Waals surface area contributed by atoms with Crippen molar-refractivity contribution in [2.75, 3.05) is 0 Å². The van der Waals surface area contributed by atoms with Crippen molar-refractivity contribution in [3.05, 3.63) is 33.3 Å². The minimum absolute atomic E-state index is 0.0496. The van der Waals surface area contributed by atoms with E-state index >= 15 is 0 Å². The summed E-state index contributed by atoms with van der Waals surface area (Å²) in [6.45, 7) is 3.61. The summed E-state index contributed by atoms with van der Waals surface area (Å²) in [5, 5.41) is 9.53. The van der Waals surface area contributed by atoms with Crippen molar-refractivity contribution >= 4 is 33.5 Å². The fraction of sp³-hybridized carbons (Fsp3) is 0.417. The standard InChI is InChI=1S/C12H15BrClNO2/c1-7(15)12(2,6-11(16)17)9-4-3-8(13)5-10(9)14/h3-5,7H,6,15H2,1-2H3,(H,16,17). The molecule has 0 aliphatic carbocycles. The molecular formula is C12H15BrClNO2. The molecule has 0 aromatic heterocycles. The van der Waals surface area contributed by atoms with Gasteiger partial charge in [-0.15, -0.1) is 0 Å². The fourth-order valence-electron chi connectivity index (χ4n) is 1.77. The lowest BCUT2D eigenvalue weighted by atomic mass is 9.74. The predicted molar refractivity (Wildman–Crippen MR) is 72.4 cm³/mol. The number of halogens is 2. The van der Waals surface area contributed by atoms with Crippen LogP contribution in [0, 0.1) is 0 Å². The van der Waals surface area contributed by atoms with Crippen molar-refractivity contribution in [3.8, 4) is 0 Å². The van der Waals surface area contributed by atoms with Crippen LogP contribution >= 0.6 is 27.5 Å². The lowest BCUT2D eigenvalue weighted by Gasteiger charge is -2.33. The van der Waals surface area contributed by atoms with Crippen molar-refractivity contribution in [3.63, 3.8) is 0 Å². The molecule has 1 aromatic rings. The number of carboxylic acids is 1. The zero-order valence-electron chi connectivity index (χ0n) is 9.71. The minimum atomic E-state index is -0.885. The molecule has 5 heteroatoms. The van der Waals surface area contributed by atoms with E-state index in [2.05, 4.69) is 15.9 Å². The summed E-state index contributed by atoms with van der Waals surface area (Å²) in [6, 6.07) is 5.10. The van der Waals surface area contributed by atoms with E-state index in [0.717, 1.165) is 10.0 Å². The van der Waals surface area contributed by atoms with Crippen LogP contribution in [-0.4, -0.2) is 17.1 Å². The molecule has 1 aromatic carbocycles. The van der Waals surface area contributed by atoms with Gasteiger partial charge in [-0.3, -0.25) is 4.79 Å². The van der Waals surface area contributed by atoms with Gasteiger partial charge in [-0.05, 0) is 24.6 Å². The summed E-state index contributed by atoms with van der Waals surface area (Å²) in [5.74, 6) is -0.885. The van der Waals surface area contributed by atoms with Crippen molar-refractivity contribution < 1.29 is 9.90 Å². The SMILES string of the molecule is CC(N)C(C)(CC(=O)O)c1ccc(Br)cc1Cl. The summed E-state index contributed by atoms with van der Waals surface area (Å²) >= 11 is 9.48. The van der Waals surface area contributed by atoms with E-state index in [-0.39, 0.29) is 12.5 Å². The lowest BCUT2D eigenvalue weighted by molar-refractivity contribution is -0.138. The third-order valence-electron chi connectivity index (χ3n) is 3.07. The summed E-state index contributed by atoms with van der Waals surface area (Å²) < 4.78 is 0.855. The summed E-state index contributed by atoms with van der Waals surface area (Å²) in [6.07, 6.45) is -0.0496. The Morgan fingerprint density at radius 1 is 1.65 bits per heavy atom. The van der Waals surface area contributed by atoms with E-state index in [4.69, 9.17) is 22.4 Å². The average molecular weight is 321 g/mol. The van der Waals surface area contributed by atoms with Gasteiger partial charge in [-0.1, -0.05) is 40.5 Å². The van der Waals surface area contributed by atoms with Crippen molar-refractivity contribution in [1.29, 1.82) is 0 Å². The molecule has 0 bridgehead atoms. The highest BCUT2D eigenvalue weighted by Gasteiger charge is 2.35. The van der Waals surface area contributed by atoms with Crippen LogP contribution in [0.4, 0.5) is 0 Å². The van der Waals surface area contributed by atoms with Crippen molar-refractivity contribution in [2.24, 2.45) is 5.73 Å². The second kappa shape index (κ2) is 5.38. The van der Waals surface area contributed by atoms with Gasteiger partial charge in [-0.25, -0.2) is 0 Å². The van der Waals surface area contributed by atoms with Gasteiger partial charge >= 0.3 is 5.97 Å². The van der Waals surface area contributed by atoms with Crippen LogP contribution in [0.3, 0.4) is 0 Å². The molecular weight excluding hydrogens is 305 g/mol. The highest BCUT2D eigenvalue weighted by molar-refractivity contribution is 9.10. The molecule has 3 N–H and O–H groups in total. The topological polar surface area (TPSA) is 63.3 Å². The highest BCUT2D eigenvalue weighted by Crippen LogP contribution is 2.36. The maximum atomic E-state index is 11.0. The van der Waals surface area contributed by atoms with Crippen molar-refractivity contribution in [1.82, 2.24) is 0 Å². The van der Waals surface area contributed by atoms with Crippen LogP contribution in [0.2, 0.25) is 5.02 Å². The molecule has 17 heavy (non-hydrogen) atoms. The number of hydrogen-bond donors (Lipinski definition) is 2. The quantitative estimate of drug-likeness (QED) is 0.895. The second-order valence-corrected chi connectivity index (χ2v) is 5.72. The molecule has 2 unspecified atom stereocenters. The third kappa shape index (κ3) is 3.21. The molecule has 94 valence electrons.